The number of methoxy groups -OCH3 is 1. The van der Waals surface area contributed by atoms with Crippen LogP contribution in [0.5, 0.6) is 5.75 Å². The van der Waals surface area contributed by atoms with Gasteiger partial charge in [0.2, 0.25) is 0 Å². The molecule has 1 aromatic heterocycles. The summed E-state index contributed by atoms with van der Waals surface area (Å²) in [7, 11) is 1.65. The summed E-state index contributed by atoms with van der Waals surface area (Å²) in [4.78, 5) is 4.13. The van der Waals surface area contributed by atoms with Gasteiger partial charge < -0.3 is 10.1 Å². The summed E-state index contributed by atoms with van der Waals surface area (Å²) in [6.07, 6.45) is 5.33. The highest BCUT2D eigenvalue weighted by Gasteiger charge is 2.15. The van der Waals surface area contributed by atoms with Crippen LogP contribution in [-0.2, 0) is 0 Å². The first-order chi connectivity index (χ1) is 10.6. The van der Waals surface area contributed by atoms with Gasteiger partial charge in [-0.1, -0.05) is 29.3 Å². The van der Waals surface area contributed by atoms with E-state index in [-0.39, 0.29) is 6.04 Å². The zero-order chi connectivity index (χ0) is 15.9. The van der Waals surface area contributed by atoms with E-state index in [9.17, 15) is 0 Å². The number of pyridine rings is 1. The van der Waals surface area contributed by atoms with Gasteiger partial charge in [-0.2, -0.15) is 0 Å². The molecule has 3 nitrogen and oxygen atoms in total. The molecular formula is C17H18Cl2N2O. The van der Waals surface area contributed by atoms with E-state index in [1.54, 1.807) is 19.4 Å². The number of nitrogens with zero attached hydrogens (tertiary/aromatic N) is 1. The van der Waals surface area contributed by atoms with Crippen molar-refractivity contribution < 1.29 is 4.74 Å². The van der Waals surface area contributed by atoms with Crippen molar-refractivity contribution in [3.8, 4) is 5.75 Å². The van der Waals surface area contributed by atoms with Crippen LogP contribution in [0.4, 0.5) is 5.69 Å². The van der Waals surface area contributed by atoms with Crippen LogP contribution >= 0.6 is 23.2 Å². The second-order valence-corrected chi connectivity index (χ2v) is 5.61. The van der Waals surface area contributed by atoms with Crippen molar-refractivity contribution in [2.45, 2.75) is 18.9 Å². The van der Waals surface area contributed by atoms with Crippen LogP contribution in [0, 0.1) is 0 Å². The quantitative estimate of drug-likeness (QED) is 0.534. The van der Waals surface area contributed by atoms with Gasteiger partial charge in [-0.3, -0.25) is 0 Å². The van der Waals surface area contributed by atoms with Crippen LogP contribution in [0.3, 0.4) is 0 Å². The lowest BCUT2D eigenvalue weighted by Gasteiger charge is -2.21. The van der Waals surface area contributed by atoms with E-state index in [0.717, 1.165) is 29.8 Å². The molecule has 0 fully saturated rings. The van der Waals surface area contributed by atoms with E-state index < -0.39 is 0 Å². The first-order valence-corrected chi connectivity index (χ1v) is 7.72. The van der Waals surface area contributed by atoms with Gasteiger partial charge in [0.15, 0.2) is 0 Å². The smallest absolute Gasteiger partial charge is 0.130 e. The number of hydrogen-bond donors (Lipinski definition) is 1. The molecule has 0 aliphatic rings. The third-order valence-electron chi connectivity index (χ3n) is 3.31. The van der Waals surface area contributed by atoms with Crippen molar-refractivity contribution >= 4 is 28.9 Å². The number of aromatic nitrogens is 1. The number of nitrogens with one attached hydrogen (secondary N) is 1. The van der Waals surface area contributed by atoms with Crippen LogP contribution in [-0.4, -0.2) is 12.1 Å². The summed E-state index contributed by atoms with van der Waals surface area (Å²) in [5.74, 6) is 0.819. The van der Waals surface area contributed by atoms with Gasteiger partial charge in [0.1, 0.15) is 10.9 Å². The molecule has 0 radical (unpaired) electrons. The molecule has 0 aliphatic carbocycles. The average molecular weight is 337 g/mol. The second kappa shape index (κ2) is 8.06. The van der Waals surface area contributed by atoms with Crippen LogP contribution < -0.4 is 10.1 Å². The highest BCUT2D eigenvalue weighted by molar-refractivity contribution is 6.34. The van der Waals surface area contributed by atoms with Crippen molar-refractivity contribution in [2.24, 2.45) is 0 Å². The van der Waals surface area contributed by atoms with Gasteiger partial charge in [-0.15, -0.1) is 6.58 Å². The maximum absolute atomic E-state index is 6.31. The zero-order valence-corrected chi connectivity index (χ0v) is 13.9. The monoisotopic (exact) mass is 336 g/mol. The number of halogens is 2. The highest BCUT2D eigenvalue weighted by Crippen LogP contribution is 2.31. The standard InChI is InChI=1S/C17H18Cl2N2O/c1-3-4-5-16(14-11-20-17(19)10-15(14)18)21-12-6-8-13(22-2)9-7-12/h3,6-11,16,21H,1,4-5H2,2H3. The van der Waals surface area contributed by atoms with Crippen molar-refractivity contribution in [3.05, 3.63) is 64.9 Å². The fourth-order valence-electron chi connectivity index (χ4n) is 2.15. The minimum atomic E-state index is 0.0312. The largest absolute Gasteiger partial charge is 0.497 e. The first kappa shape index (κ1) is 16.7. The summed E-state index contributed by atoms with van der Waals surface area (Å²) in [5.41, 5.74) is 1.91. The van der Waals surface area contributed by atoms with Gasteiger partial charge in [0, 0.05) is 17.4 Å². The number of allylic oxidation sites excluding steroid dienone is 1. The van der Waals surface area contributed by atoms with E-state index >= 15 is 0 Å². The molecule has 1 heterocycles. The third-order valence-corrected chi connectivity index (χ3v) is 3.85. The molecule has 0 saturated carbocycles. The predicted octanol–water partition coefficient (Wildman–Crippen LogP) is 5.52. The molecule has 2 rings (SSSR count). The molecule has 1 atom stereocenters. The van der Waals surface area contributed by atoms with Gasteiger partial charge in [-0.05, 0) is 43.2 Å². The van der Waals surface area contributed by atoms with E-state index in [0.29, 0.717) is 10.2 Å². The Kier molecular flexibility index (Phi) is 6.10. The lowest BCUT2D eigenvalue weighted by atomic mass is 10.0. The number of ether oxygens (including phenoxy) is 1. The molecule has 0 aliphatic heterocycles. The van der Waals surface area contributed by atoms with Crippen LogP contribution in [0.15, 0.2) is 49.2 Å². The Bertz CT molecular complexity index is 629. The second-order valence-electron chi connectivity index (χ2n) is 4.82. The molecule has 0 bridgehead atoms. The summed E-state index contributed by atoms with van der Waals surface area (Å²) in [5, 5.41) is 4.47. The summed E-state index contributed by atoms with van der Waals surface area (Å²) in [6, 6.07) is 9.45. The number of anilines is 1. The molecule has 1 unspecified atom stereocenters. The molecule has 1 N–H and O–H groups in total. The van der Waals surface area contributed by atoms with E-state index in [1.807, 2.05) is 30.3 Å². The summed E-state index contributed by atoms with van der Waals surface area (Å²) in [6.45, 7) is 3.78. The highest BCUT2D eigenvalue weighted by atomic mass is 35.5. The van der Waals surface area contributed by atoms with Gasteiger partial charge in [0.05, 0.1) is 18.2 Å². The fraction of sp³-hybridized carbons (Fsp3) is 0.235. The molecule has 22 heavy (non-hydrogen) atoms. The molecule has 2 aromatic rings. The van der Waals surface area contributed by atoms with E-state index in [1.165, 1.54) is 0 Å². The number of benzene rings is 1. The minimum absolute atomic E-state index is 0.0312. The lowest BCUT2D eigenvalue weighted by molar-refractivity contribution is 0.415. The lowest BCUT2D eigenvalue weighted by Crippen LogP contribution is -2.11. The number of rotatable bonds is 7. The SMILES string of the molecule is C=CCCC(Nc1ccc(OC)cc1)c1cnc(Cl)cc1Cl. The van der Waals surface area contributed by atoms with Crippen LogP contribution in [0.25, 0.3) is 0 Å². The van der Waals surface area contributed by atoms with Crippen LogP contribution in [0.1, 0.15) is 24.4 Å². The fourth-order valence-corrected chi connectivity index (χ4v) is 2.65. The molecular weight excluding hydrogens is 319 g/mol. The Morgan fingerprint density at radius 3 is 2.64 bits per heavy atom. The zero-order valence-electron chi connectivity index (χ0n) is 12.4. The van der Waals surface area contributed by atoms with E-state index in [4.69, 9.17) is 27.9 Å². The van der Waals surface area contributed by atoms with Crippen molar-refractivity contribution in [2.75, 3.05) is 12.4 Å². The van der Waals surface area contributed by atoms with Crippen LogP contribution in [0.2, 0.25) is 10.2 Å². The van der Waals surface area contributed by atoms with Gasteiger partial charge in [0.25, 0.3) is 0 Å². The Morgan fingerprint density at radius 2 is 2.05 bits per heavy atom. The Hall–Kier alpha value is -1.71. The Balaban J connectivity index is 2.22. The molecule has 1 aromatic carbocycles. The van der Waals surface area contributed by atoms with Gasteiger partial charge >= 0.3 is 0 Å². The normalized spacial score (nSPS) is 11.8. The summed E-state index contributed by atoms with van der Waals surface area (Å²) >= 11 is 12.2. The Morgan fingerprint density at radius 1 is 1.32 bits per heavy atom. The topological polar surface area (TPSA) is 34.1 Å². The van der Waals surface area contributed by atoms with Gasteiger partial charge in [-0.25, -0.2) is 4.98 Å². The predicted molar refractivity (Wildman–Crippen MR) is 93.0 cm³/mol. The third kappa shape index (κ3) is 4.39. The maximum Gasteiger partial charge on any atom is 0.130 e. The maximum atomic E-state index is 6.31. The number of hydrogen-bond acceptors (Lipinski definition) is 3. The molecule has 0 amide bonds. The summed E-state index contributed by atoms with van der Waals surface area (Å²) < 4.78 is 5.17. The minimum Gasteiger partial charge on any atom is -0.497 e. The van der Waals surface area contributed by atoms with Crippen molar-refractivity contribution in [1.82, 2.24) is 4.98 Å². The van der Waals surface area contributed by atoms with E-state index in [2.05, 4.69) is 16.9 Å². The molecule has 0 saturated heterocycles. The Labute approximate surface area is 140 Å². The molecule has 5 heteroatoms. The van der Waals surface area contributed by atoms with Crippen molar-refractivity contribution in [3.63, 3.8) is 0 Å². The average Bonchev–Trinajstić information content (AvgIpc) is 2.52. The van der Waals surface area contributed by atoms with Crippen molar-refractivity contribution in [1.29, 1.82) is 0 Å². The molecule has 116 valence electrons. The molecule has 0 spiro atoms. The first-order valence-electron chi connectivity index (χ1n) is 6.96.